The van der Waals surface area contributed by atoms with Crippen LogP contribution in [-0.4, -0.2) is 19.7 Å². The first-order valence-electron chi connectivity index (χ1n) is 4.93. The number of aromatic nitrogens is 1. The van der Waals surface area contributed by atoms with Crippen LogP contribution in [0.4, 0.5) is 5.82 Å². The monoisotopic (exact) mass is 296 g/mol. The van der Waals surface area contributed by atoms with Gasteiger partial charge in [0, 0.05) is 17.6 Å². The van der Waals surface area contributed by atoms with Crippen LogP contribution in [0.25, 0.3) is 0 Å². The number of nitrogens with zero attached hydrogens (tertiary/aromatic N) is 1. The SMILES string of the molecule is CC(=O)Nc1ncc(Br)cc1C#C[SiH](C)C. The van der Waals surface area contributed by atoms with E-state index in [1.54, 1.807) is 6.20 Å². The number of carbonyl (C=O) groups is 1. The standard InChI is InChI=1S/C11H13BrN2OSi/c1-8(15)14-11-9(4-5-16(2)3)6-10(12)7-13-11/h6-7,16H,1-3H3,(H,13,14,15). The van der Waals surface area contributed by atoms with E-state index >= 15 is 0 Å². The quantitative estimate of drug-likeness (QED) is 0.637. The van der Waals surface area contributed by atoms with Gasteiger partial charge in [-0.15, -0.1) is 5.54 Å². The highest BCUT2D eigenvalue weighted by molar-refractivity contribution is 9.10. The van der Waals surface area contributed by atoms with Gasteiger partial charge in [0.25, 0.3) is 0 Å². The molecule has 0 fully saturated rings. The summed E-state index contributed by atoms with van der Waals surface area (Å²) in [6, 6.07) is 1.86. The van der Waals surface area contributed by atoms with E-state index in [4.69, 9.17) is 0 Å². The van der Waals surface area contributed by atoms with E-state index in [0.29, 0.717) is 5.82 Å². The molecule has 1 aromatic heterocycles. The predicted molar refractivity (Wildman–Crippen MR) is 72.0 cm³/mol. The van der Waals surface area contributed by atoms with Crippen molar-refractivity contribution in [2.75, 3.05) is 5.32 Å². The summed E-state index contributed by atoms with van der Waals surface area (Å²) >= 11 is 3.34. The van der Waals surface area contributed by atoms with Gasteiger partial charge in [-0.2, -0.15) is 0 Å². The van der Waals surface area contributed by atoms with Gasteiger partial charge in [0.05, 0.1) is 5.56 Å². The molecule has 0 atom stereocenters. The molecule has 5 heteroatoms. The van der Waals surface area contributed by atoms with E-state index in [1.165, 1.54) is 6.92 Å². The van der Waals surface area contributed by atoms with Crippen molar-refractivity contribution in [2.24, 2.45) is 0 Å². The van der Waals surface area contributed by atoms with Crippen LogP contribution >= 0.6 is 15.9 Å². The molecule has 0 unspecified atom stereocenters. The lowest BCUT2D eigenvalue weighted by Crippen LogP contribution is -2.09. The zero-order chi connectivity index (χ0) is 12.1. The first-order valence-corrected chi connectivity index (χ1v) is 8.61. The minimum atomic E-state index is -0.929. The molecule has 1 heterocycles. The molecule has 0 saturated heterocycles. The summed E-state index contributed by atoms with van der Waals surface area (Å²) in [5.41, 5.74) is 3.93. The maximum Gasteiger partial charge on any atom is 0.222 e. The molecule has 1 rings (SSSR count). The zero-order valence-corrected chi connectivity index (χ0v) is 12.2. The van der Waals surface area contributed by atoms with Gasteiger partial charge in [-0.05, 0) is 22.0 Å². The van der Waals surface area contributed by atoms with Crippen molar-refractivity contribution in [3.8, 4) is 11.5 Å². The molecule has 0 aliphatic rings. The molecule has 0 radical (unpaired) electrons. The highest BCUT2D eigenvalue weighted by atomic mass is 79.9. The molecule has 1 aromatic rings. The maximum absolute atomic E-state index is 11.0. The summed E-state index contributed by atoms with van der Waals surface area (Å²) in [7, 11) is -0.929. The summed E-state index contributed by atoms with van der Waals surface area (Å²) in [4.78, 5) is 15.1. The van der Waals surface area contributed by atoms with Crippen molar-refractivity contribution in [1.29, 1.82) is 0 Å². The number of hydrogen-bond donors (Lipinski definition) is 1. The Kier molecular flexibility index (Phi) is 4.71. The Morgan fingerprint density at radius 1 is 1.56 bits per heavy atom. The molecule has 0 saturated carbocycles. The van der Waals surface area contributed by atoms with Gasteiger partial charge < -0.3 is 5.32 Å². The van der Waals surface area contributed by atoms with Crippen LogP contribution in [0.5, 0.6) is 0 Å². The van der Waals surface area contributed by atoms with Gasteiger partial charge in [0.15, 0.2) is 0 Å². The number of nitrogens with one attached hydrogen (secondary N) is 1. The lowest BCUT2D eigenvalue weighted by atomic mass is 10.2. The zero-order valence-electron chi connectivity index (χ0n) is 9.47. The minimum Gasteiger partial charge on any atom is -0.310 e. The number of pyridine rings is 1. The molecule has 1 amide bonds. The topological polar surface area (TPSA) is 42.0 Å². The molecule has 0 bridgehead atoms. The molecule has 0 aliphatic heterocycles. The van der Waals surface area contributed by atoms with Gasteiger partial charge in [-0.3, -0.25) is 4.79 Å². The molecular formula is C11H13BrN2OSi. The number of rotatable bonds is 1. The second-order valence-electron chi connectivity index (χ2n) is 3.65. The average Bonchev–Trinajstić information content (AvgIpc) is 2.17. The van der Waals surface area contributed by atoms with Gasteiger partial charge in [0.2, 0.25) is 5.91 Å². The fourth-order valence-corrected chi connectivity index (χ4v) is 1.80. The summed E-state index contributed by atoms with van der Waals surface area (Å²) < 4.78 is 0.858. The predicted octanol–water partition coefficient (Wildman–Crippen LogP) is 2.18. The van der Waals surface area contributed by atoms with E-state index in [1.807, 2.05) is 6.07 Å². The fraction of sp³-hybridized carbons (Fsp3) is 0.273. The largest absolute Gasteiger partial charge is 0.310 e. The Hall–Kier alpha value is -1.12. The minimum absolute atomic E-state index is 0.139. The first-order chi connectivity index (χ1) is 7.49. The van der Waals surface area contributed by atoms with Crippen LogP contribution in [0.15, 0.2) is 16.7 Å². The number of hydrogen-bond acceptors (Lipinski definition) is 2. The van der Waals surface area contributed by atoms with E-state index in [0.717, 1.165) is 10.0 Å². The van der Waals surface area contributed by atoms with Crippen molar-refractivity contribution >= 4 is 36.5 Å². The third-order valence-electron chi connectivity index (χ3n) is 1.64. The molecule has 0 aromatic carbocycles. The Balaban J connectivity index is 3.09. The number of carbonyl (C=O) groups excluding carboxylic acids is 1. The maximum atomic E-state index is 11.0. The molecule has 0 aliphatic carbocycles. The Labute approximate surface area is 105 Å². The van der Waals surface area contributed by atoms with E-state index in [9.17, 15) is 4.79 Å². The molecular weight excluding hydrogens is 284 g/mol. The van der Waals surface area contributed by atoms with Crippen molar-refractivity contribution in [3.05, 3.63) is 22.3 Å². The third-order valence-corrected chi connectivity index (χ3v) is 2.80. The normalized spacial score (nSPS) is 9.56. The first kappa shape index (κ1) is 12.9. The summed E-state index contributed by atoms with van der Waals surface area (Å²) in [6.07, 6.45) is 1.64. The van der Waals surface area contributed by atoms with Crippen LogP contribution < -0.4 is 5.32 Å². The summed E-state index contributed by atoms with van der Waals surface area (Å²) in [5.74, 6) is 3.45. The van der Waals surface area contributed by atoms with Crippen LogP contribution in [0.3, 0.4) is 0 Å². The lowest BCUT2D eigenvalue weighted by Gasteiger charge is -2.04. The van der Waals surface area contributed by atoms with Crippen molar-refractivity contribution in [1.82, 2.24) is 4.98 Å². The smallest absolute Gasteiger partial charge is 0.222 e. The third kappa shape index (κ3) is 4.17. The lowest BCUT2D eigenvalue weighted by molar-refractivity contribution is -0.114. The van der Waals surface area contributed by atoms with Crippen molar-refractivity contribution in [3.63, 3.8) is 0 Å². The highest BCUT2D eigenvalue weighted by Gasteiger charge is 2.04. The molecule has 3 nitrogen and oxygen atoms in total. The van der Waals surface area contributed by atoms with E-state index < -0.39 is 8.80 Å². The second kappa shape index (κ2) is 5.82. The van der Waals surface area contributed by atoms with Crippen LogP contribution in [-0.2, 0) is 4.79 Å². The molecule has 1 N–H and O–H groups in total. The van der Waals surface area contributed by atoms with Gasteiger partial charge in [-0.1, -0.05) is 19.0 Å². The van der Waals surface area contributed by atoms with Gasteiger partial charge >= 0.3 is 0 Å². The number of halogens is 1. The fourth-order valence-electron chi connectivity index (χ4n) is 1.02. The average molecular weight is 297 g/mol. The van der Waals surface area contributed by atoms with E-state index in [-0.39, 0.29) is 5.91 Å². The van der Waals surface area contributed by atoms with Gasteiger partial charge in [0.1, 0.15) is 14.6 Å². The van der Waals surface area contributed by atoms with Crippen molar-refractivity contribution < 1.29 is 4.79 Å². The Morgan fingerprint density at radius 2 is 2.25 bits per heavy atom. The Bertz CT molecular complexity index is 463. The second-order valence-corrected chi connectivity index (χ2v) is 7.17. The van der Waals surface area contributed by atoms with Gasteiger partial charge in [-0.25, -0.2) is 4.98 Å². The summed E-state index contributed by atoms with van der Waals surface area (Å²) in [6.45, 7) is 5.76. The Morgan fingerprint density at radius 3 is 2.81 bits per heavy atom. The molecule has 0 spiro atoms. The van der Waals surface area contributed by atoms with Crippen LogP contribution in [0, 0.1) is 11.5 Å². The molecule has 16 heavy (non-hydrogen) atoms. The van der Waals surface area contributed by atoms with Crippen LogP contribution in [0.1, 0.15) is 12.5 Å². The van der Waals surface area contributed by atoms with Crippen molar-refractivity contribution in [2.45, 2.75) is 20.0 Å². The highest BCUT2D eigenvalue weighted by Crippen LogP contribution is 2.16. The van der Waals surface area contributed by atoms with Crippen LogP contribution in [0.2, 0.25) is 13.1 Å². The number of amides is 1. The number of anilines is 1. The van der Waals surface area contributed by atoms with E-state index in [2.05, 4.69) is 50.8 Å². The summed E-state index contributed by atoms with van der Waals surface area (Å²) in [5, 5.41) is 2.67. The molecule has 84 valence electrons.